The van der Waals surface area contributed by atoms with Gasteiger partial charge in [0.05, 0.1) is 18.7 Å². The molecular formula is C20H23NO5. The lowest BCUT2D eigenvalue weighted by Crippen LogP contribution is -2.16. The summed E-state index contributed by atoms with van der Waals surface area (Å²) in [5.74, 6) is -0.123. The second-order valence-corrected chi connectivity index (χ2v) is 5.53. The number of hydrogen-bond acceptors (Lipinski definition) is 5. The zero-order valence-corrected chi connectivity index (χ0v) is 14.8. The van der Waals surface area contributed by atoms with E-state index >= 15 is 0 Å². The zero-order valence-electron chi connectivity index (χ0n) is 14.8. The van der Waals surface area contributed by atoms with Crippen LogP contribution in [0.15, 0.2) is 54.6 Å². The van der Waals surface area contributed by atoms with E-state index in [2.05, 4.69) is 5.32 Å². The number of amides is 1. The highest BCUT2D eigenvalue weighted by atomic mass is 16.6. The predicted molar refractivity (Wildman–Crippen MR) is 97.9 cm³/mol. The van der Waals surface area contributed by atoms with Crippen molar-refractivity contribution in [2.24, 2.45) is 0 Å². The molecular weight excluding hydrogens is 334 g/mol. The molecule has 0 atom stereocenters. The molecule has 26 heavy (non-hydrogen) atoms. The van der Waals surface area contributed by atoms with Gasteiger partial charge in [-0.05, 0) is 17.7 Å². The van der Waals surface area contributed by atoms with Gasteiger partial charge in [-0.2, -0.15) is 0 Å². The normalized spacial score (nSPS) is 10.2. The Morgan fingerprint density at radius 1 is 0.923 bits per heavy atom. The Labute approximate surface area is 153 Å². The number of methoxy groups -OCH3 is 1. The summed E-state index contributed by atoms with van der Waals surface area (Å²) in [6.07, 6.45) is 0.0570. The van der Waals surface area contributed by atoms with Gasteiger partial charge in [0.1, 0.15) is 19.0 Å². The molecule has 6 nitrogen and oxygen atoms in total. The summed E-state index contributed by atoms with van der Waals surface area (Å²) in [4.78, 5) is 23.6. The van der Waals surface area contributed by atoms with E-state index in [0.717, 1.165) is 5.56 Å². The topological polar surface area (TPSA) is 73.9 Å². The molecule has 0 saturated carbocycles. The lowest BCUT2D eigenvalue weighted by atomic mass is 10.2. The number of esters is 1. The van der Waals surface area contributed by atoms with Crippen LogP contribution in [0.5, 0.6) is 5.75 Å². The predicted octanol–water partition coefficient (Wildman–Crippen LogP) is 3.17. The first-order valence-electron chi connectivity index (χ1n) is 8.39. The summed E-state index contributed by atoms with van der Waals surface area (Å²) in [6, 6.07) is 17.0. The highest BCUT2D eigenvalue weighted by Crippen LogP contribution is 2.25. The molecule has 0 unspecified atom stereocenters. The lowest BCUT2D eigenvalue weighted by molar-refractivity contribution is -0.145. The first-order valence-corrected chi connectivity index (χ1v) is 8.39. The average Bonchev–Trinajstić information content (AvgIpc) is 2.67. The van der Waals surface area contributed by atoms with Crippen LogP contribution in [0.4, 0.5) is 5.69 Å². The number of rotatable bonds is 10. The number of hydrogen-bond donors (Lipinski definition) is 1. The van der Waals surface area contributed by atoms with Crippen LogP contribution in [-0.2, 0) is 25.7 Å². The summed E-state index contributed by atoms with van der Waals surface area (Å²) in [6.45, 7) is 0.927. The van der Waals surface area contributed by atoms with Crippen molar-refractivity contribution in [3.8, 4) is 5.75 Å². The smallest absolute Gasteiger partial charge is 0.306 e. The molecule has 2 aromatic carbocycles. The molecule has 0 aliphatic heterocycles. The third kappa shape index (κ3) is 6.94. The molecule has 0 bridgehead atoms. The van der Waals surface area contributed by atoms with Gasteiger partial charge in [0, 0.05) is 13.5 Å². The van der Waals surface area contributed by atoms with Crippen molar-refractivity contribution in [1.82, 2.24) is 0 Å². The van der Waals surface area contributed by atoms with E-state index in [1.165, 1.54) is 7.11 Å². The van der Waals surface area contributed by atoms with Gasteiger partial charge in [-0.15, -0.1) is 0 Å². The third-order valence-corrected chi connectivity index (χ3v) is 3.51. The fraction of sp³-hybridized carbons (Fsp3) is 0.300. The van der Waals surface area contributed by atoms with Crippen molar-refractivity contribution in [2.75, 3.05) is 25.6 Å². The van der Waals surface area contributed by atoms with E-state index in [1.807, 2.05) is 42.5 Å². The molecule has 0 aliphatic carbocycles. The molecule has 1 N–H and O–H groups in total. The summed E-state index contributed by atoms with van der Waals surface area (Å²) >= 11 is 0. The van der Waals surface area contributed by atoms with Gasteiger partial charge in [-0.1, -0.05) is 42.5 Å². The molecule has 0 heterocycles. The monoisotopic (exact) mass is 357 g/mol. The summed E-state index contributed by atoms with van der Waals surface area (Å²) < 4.78 is 15.5. The van der Waals surface area contributed by atoms with E-state index in [-0.39, 0.29) is 25.4 Å². The largest absolute Gasteiger partial charge is 0.487 e. The van der Waals surface area contributed by atoms with Crippen LogP contribution in [0, 0.1) is 0 Å². The Morgan fingerprint density at radius 2 is 1.65 bits per heavy atom. The van der Waals surface area contributed by atoms with E-state index in [0.29, 0.717) is 24.7 Å². The van der Waals surface area contributed by atoms with Gasteiger partial charge in [0.15, 0.2) is 0 Å². The molecule has 138 valence electrons. The van der Waals surface area contributed by atoms with E-state index < -0.39 is 5.97 Å². The Balaban J connectivity index is 1.83. The maximum atomic E-state index is 12.1. The number of para-hydroxylation sites is 2. The summed E-state index contributed by atoms with van der Waals surface area (Å²) in [7, 11) is 1.53. The molecule has 0 saturated heterocycles. The quantitative estimate of drug-likeness (QED) is 0.522. The van der Waals surface area contributed by atoms with Gasteiger partial charge >= 0.3 is 5.97 Å². The van der Waals surface area contributed by atoms with Gasteiger partial charge in [-0.3, -0.25) is 9.59 Å². The first kappa shape index (κ1) is 19.5. The lowest BCUT2D eigenvalue weighted by Gasteiger charge is -2.12. The van der Waals surface area contributed by atoms with Crippen LogP contribution in [-0.4, -0.2) is 32.2 Å². The minimum absolute atomic E-state index is 0.0165. The Kier molecular flexibility index (Phi) is 8.15. The van der Waals surface area contributed by atoms with Crippen molar-refractivity contribution in [2.45, 2.75) is 19.4 Å². The molecule has 2 rings (SSSR count). The third-order valence-electron chi connectivity index (χ3n) is 3.51. The number of ether oxygens (including phenoxy) is 3. The minimum atomic E-state index is -0.425. The number of anilines is 1. The molecule has 0 fully saturated rings. The molecule has 0 aromatic heterocycles. The summed E-state index contributed by atoms with van der Waals surface area (Å²) in [5, 5.41) is 2.77. The molecule has 0 radical (unpaired) electrons. The second kappa shape index (κ2) is 10.9. The van der Waals surface area contributed by atoms with Crippen LogP contribution in [0.1, 0.15) is 18.4 Å². The standard InChI is InChI=1S/C20H23NO5/c1-24-13-14-25-20(23)12-11-19(22)21-17-9-5-6-10-18(17)26-15-16-7-3-2-4-8-16/h2-10H,11-15H2,1H3,(H,21,22). The van der Waals surface area contributed by atoms with Crippen LogP contribution >= 0.6 is 0 Å². The zero-order chi connectivity index (χ0) is 18.6. The van der Waals surface area contributed by atoms with Gasteiger partial charge < -0.3 is 19.5 Å². The number of carbonyl (C=O) groups is 2. The van der Waals surface area contributed by atoms with Gasteiger partial charge in [0.25, 0.3) is 0 Å². The Morgan fingerprint density at radius 3 is 2.42 bits per heavy atom. The first-order chi connectivity index (χ1) is 12.7. The fourth-order valence-electron chi connectivity index (χ4n) is 2.17. The highest BCUT2D eigenvalue weighted by Gasteiger charge is 2.11. The number of benzene rings is 2. The van der Waals surface area contributed by atoms with E-state index in [9.17, 15) is 9.59 Å². The fourth-order valence-corrected chi connectivity index (χ4v) is 2.17. The van der Waals surface area contributed by atoms with Crippen molar-refractivity contribution >= 4 is 17.6 Å². The number of nitrogens with one attached hydrogen (secondary N) is 1. The Hall–Kier alpha value is -2.86. The van der Waals surface area contributed by atoms with E-state index in [1.54, 1.807) is 12.1 Å². The SMILES string of the molecule is COCCOC(=O)CCC(=O)Nc1ccccc1OCc1ccccc1. The van der Waals surface area contributed by atoms with E-state index in [4.69, 9.17) is 14.2 Å². The highest BCUT2D eigenvalue weighted by molar-refractivity contribution is 5.93. The maximum absolute atomic E-state index is 12.1. The molecule has 0 spiro atoms. The maximum Gasteiger partial charge on any atom is 0.306 e. The second-order valence-electron chi connectivity index (χ2n) is 5.53. The molecule has 0 aliphatic rings. The molecule has 6 heteroatoms. The summed E-state index contributed by atoms with van der Waals surface area (Å²) in [5.41, 5.74) is 1.61. The van der Waals surface area contributed by atoms with Gasteiger partial charge in [0.2, 0.25) is 5.91 Å². The van der Waals surface area contributed by atoms with Gasteiger partial charge in [-0.25, -0.2) is 0 Å². The van der Waals surface area contributed by atoms with Crippen molar-refractivity contribution < 1.29 is 23.8 Å². The van der Waals surface area contributed by atoms with Crippen LogP contribution in [0.2, 0.25) is 0 Å². The van der Waals surface area contributed by atoms with Crippen LogP contribution in [0.3, 0.4) is 0 Å². The van der Waals surface area contributed by atoms with Crippen molar-refractivity contribution in [1.29, 1.82) is 0 Å². The molecule has 2 aromatic rings. The molecule has 1 amide bonds. The van der Waals surface area contributed by atoms with Crippen LogP contribution < -0.4 is 10.1 Å². The minimum Gasteiger partial charge on any atom is -0.487 e. The average molecular weight is 357 g/mol. The van der Waals surface area contributed by atoms with Crippen molar-refractivity contribution in [3.63, 3.8) is 0 Å². The Bertz CT molecular complexity index is 702. The number of carbonyl (C=O) groups excluding carboxylic acids is 2. The van der Waals surface area contributed by atoms with Crippen LogP contribution in [0.25, 0.3) is 0 Å². The van der Waals surface area contributed by atoms with Crippen molar-refractivity contribution in [3.05, 3.63) is 60.2 Å².